The number of rotatable bonds is 4. The van der Waals surface area contributed by atoms with Crippen LogP contribution < -0.4 is 5.56 Å². The fourth-order valence-corrected chi connectivity index (χ4v) is 4.37. The minimum absolute atomic E-state index is 0.232. The molecule has 0 bridgehead atoms. The van der Waals surface area contributed by atoms with Crippen molar-refractivity contribution in [3.05, 3.63) is 33.2 Å². The standard InChI is InChI=1S/C13H10N2O3S3/c1-6(12(17)18)21-13-14-10(16)9-7(5-20-11(9)15-13)8-3-2-4-19-8/h2-6H,1H3,(H,17,18)(H,14,15,16). The monoisotopic (exact) mass is 338 g/mol. The molecular weight excluding hydrogens is 328 g/mol. The van der Waals surface area contributed by atoms with E-state index in [1.807, 2.05) is 22.9 Å². The van der Waals surface area contributed by atoms with Gasteiger partial charge in [-0.1, -0.05) is 17.8 Å². The van der Waals surface area contributed by atoms with Crippen LogP contribution in [0.5, 0.6) is 0 Å². The van der Waals surface area contributed by atoms with Gasteiger partial charge in [0.1, 0.15) is 10.1 Å². The van der Waals surface area contributed by atoms with E-state index in [1.165, 1.54) is 11.3 Å². The lowest BCUT2D eigenvalue weighted by Crippen LogP contribution is -2.14. The van der Waals surface area contributed by atoms with Crippen LogP contribution >= 0.6 is 34.4 Å². The van der Waals surface area contributed by atoms with Gasteiger partial charge in [0.05, 0.1) is 5.39 Å². The molecule has 3 aromatic rings. The first-order chi connectivity index (χ1) is 10.1. The average molecular weight is 338 g/mol. The van der Waals surface area contributed by atoms with Gasteiger partial charge in [-0.2, -0.15) is 0 Å². The molecule has 0 saturated heterocycles. The number of carboxylic acid groups (broad SMARTS) is 1. The molecule has 3 aromatic heterocycles. The van der Waals surface area contributed by atoms with Crippen LogP contribution in [0.2, 0.25) is 0 Å². The maximum absolute atomic E-state index is 12.3. The lowest BCUT2D eigenvalue weighted by atomic mass is 10.2. The minimum Gasteiger partial charge on any atom is -0.480 e. The molecule has 0 radical (unpaired) electrons. The number of nitrogens with zero attached hydrogens (tertiary/aromatic N) is 1. The van der Waals surface area contributed by atoms with Crippen molar-refractivity contribution in [3.8, 4) is 10.4 Å². The Morgan fingerprint density at radius 2 is 2.29 bits per heavy atom. The number of aromatic nitrogens is 2. The van der Waals surface area contributed by atoms with Gasteiger partial charge in [0.2, 0.25) is 0 Å². The van der Waals surface area contributed by atoms with Crippen molar-refractivity contribution in [3.63, 3.8) is 0 Å². The second kappa shape index (κ2) is 5.63. The van der Waals surface area contributed by atoms with E-state index in [1.54, 1.807) is 18.3 Å². The number of nitrogens with one attached hydrogen (secondary N) is 1. The zero-order valence-electron chi connectivity index (χ0n) is 10.8. The van der Waals surface area contributed by atoms with Crippen LogP contribution in [0.1, 0.15) is 6.92 Å². The molecule has 0 spiro atoms. The summed E-state index contributed by atoms with van der Waals surface area (Å²) in [6, 6.07) is 3.89. The van der Waals surface area contributed by atoms with Gasteiger partial charge >= 0.3 is 5.97 Å². The van der Waals surface area contributed by atoms with Gasteiger partial charge in [0.25, 0.3) is 5.56 Å². The summed E-state index contributed by atoms with van der Waals surface area (Å²) >= 11 is 3.99. The molecular formula is C13H10N2O3S3. The summed E-state index contributed by atoms with van der Waals surface area (Å²) < 4.78 is 0. The van der Waals surface area contributed by atoms with Crippen LogP contribution in [-0.4, -0.2) is 26.3 Å². The molecule has 21 heavy (non-hydrogen) atoms. The van der Waals surface area contributed by atoms with Gasteiger partial charge in [-0.05, 0) is 18.4 Å². The van der Waals surface area contributed by atoms with Gasteiger partial charge < -0.3 is 10.1 Å². The number of thiophene rings is 2. The number of aliphatic carboxylic acids is 1. The van der Waals surface area contributed by atoms with Gasteiger partial charge in [-0.3, -0.25) is 9.59 Å². The maximum atomic E-state index is 12.3. The second-order valence-corrected chi connectivity index (χ2v) is 7.41. The fourth-order valence-electron chi connectivity index (χ4n) is 1.82. The van der Waals surface area contributed by atoms with Crippen LogP contribution in [0.3, 0.4) is 0 Å². The number of H-pyrrole nitrogens is 1. The molecule has 0 aliphatic carbocycles. The number of aromatic amines is 1. The van der Waals surface area contributed by atoms with Crippen LogP contribution in [0.4, 0.5) is 0 Å². The van der Waals surface area contributed by atoms with Crippen molar-refractivity contribution in [1.29, 1.82) is 0 Å². The van der Waals surface area contributed by atoms with Crippen molar-refractivity contribution in [2.45, 2.75) is 17.3 Å². The zero-order chi connectivity index (χ0) is 15.0. The van der Waals surface area contributed by atoms with Gasteiger partial charge in [0.15, 0.2) is 5.16 Å². The molecule has 3 heterocycles. The number of thioether (sulfide) groups is 1. The van der Waals surface area contributed by atoms with Gasteiger partial charge in [-0.25, -0.2) is 4.98 Å². The molecule has 108 valence electrons. The highest BCUT2D eigenvalue weighted by molar-refractivity contribution is 8.00. The Kier molecular flexibility index (Phi) is 3.83. The molecule has 0 aromatic carbocycles. The highest BCUT2D eigenvalue weighted by Crippen LogP contribution is 2.34. The van der Waals surface area contributed by atoms with Crippen molar-refractivity contribution in [2.24, 2.45) is 0 Å². The molecule has 3 rings (SSSR count). The van der Waals surface area contributed by atoms with Crippen LogP contribution in [0, 0.1) is 0 Å². The Balaban J connectivity index is 2.07. The average Bonchev–Trinajstić information content (AvgIpc) is 3.06. The van der Waals surface area contributed by atoms with E-state index in [2.05, 4.69) is 9.97 Å². The van der Waals surface area contributed by atoms with E-state index < -0.39 is 11.2 Å². The first-order valence-corrected chi connectivity index (χ1v) is 8.65. The Bertz CT molecular complexity index is 851. The number of carbonyl (C=O) groups is 1. The summed E-state index contributed by atoms with van der Waals surface area (Å²) in [4.78, 5) is 31.8. The molecule has 0 aliphatic rings. The number of hydrogen-bond acceptors (Lipinski definition) is 6. The maximum Gasteiger partial charge on any atom is 0.316 e. The normalized spacial score (nSPS) is 12.6. The molecule has 0 aliphatic heterocycles. The lowest BCUT2D eigenvalue weighted by molar-refractivity contribution is -0.136. The second-order valence-electron chi connectivity index (χ2n) is 4.28. The van der Waals surface area contributed by atoms with E-state index in [9.17, 15) is 9.59 Å². The van der Waals surface area contributed by atoms with Crippen LogP contribution in [0.25, 0.3) is 20.7 Å². The minimum atomic E-state index is -0.937. The molecule has 0 amide bonds. The van der Waals surface area contributed by atoms with E-state index in [0.29, 0.717) is 15.4 Å². The first kappa shape index (κ1) is 14.3. The topological polar surface area (TPSA) is 83.0 Å². The molecule has 2 N–H and O–H groups in total. The number of carboxylic acids is 1. The summed E-state index contributed by atoms with van der Waals surface area (Å²) in [7, 11) is 0. The first-order valence-electron chi connectivity index (χ1n) is 6.01. The third-order valence-electron chi connectivity index (χ3n) is 2.85. The smallest absolute Gasteiger partial charge is 0.316 e. The molecule has 0 saturated carbocycles. The highest BCUT2D eigenvalue weighted by Gasteiger charge is 2.17. The Hall–Kier alpha value is -1.64. The van der Waals surface area contributed by atoms with E-state index in [4.69, 9.17) is 5.11 Å². The van der Waals surface area contributed by atoms with E-state index in [0.717, 1.165) is 22.2 Å². The molecule has 1 unspecified atom stereocenters. The van der Waals surface area contributed by atoms with Crippen molar-refractivity contribution >= 4 is 50.6 Å². The fraction of sp³-hybridized carbons (Fsp3) is 0.154. The van der Waals surface area contributed by atoms with Crippen LogP contribution in [-0.2, 0) is 4.79 Å². The SMILES string of the molecule is CC(Sc1nc2scc(-c3cccs3)c2c(=O)[nH]1)C(=O)O. The Morgan fingerprint density at radius 3 is 2.95 bits per heavy atom. The summed E-state index contributed by atoms with van der Waals surface area (Å²) in [6.07, 6.45) is 0. The number of fused-ring (bicyclic) bond motifs is 1. The van der Waals surface area contributed by atoms with Gasteiger partial charge in [0, 0.05) is 15.8 Å². The third kappa shape index (κ3) is 2.74. The Morgan fingerprint density at radius 1 is 1.48 bits per heavy atom. The molecule has 5 nitrogen and oxygen atoms in total. The van der Waals surface area contributed by atoms with Gasteiger partial charge in [-0.15, -0.1) is 22.7 Å². The predicted octanol–water partition coefficient (Wildman–Crippen LogP) is 3.28. The summed E-state index contributed by atoms with van der Waals surface area (Å²) in [6.45, 7) is 1.56. The number of hydrogen-bond donors (Lipinski definition) is 2. The highest BCUT2D eigenvalue weighted by atomic mass is 32.2. The van der Waals surface area contributed by atoms with Crippen molar-refractivity contribution in [2.75, 3.05) is 0 Å². The van der Waals surface area contributed by atoms with E-state index in [-0.39, 0.29) is 5.56 Å². The molecule has 8 heteroatoms. The summed E-state index contributed by atoms with van der Waals surface area (Å²) in [5.74, 6) is -0.937. The van der Waals surface area contributed by atoms with Crippen molar-refractivity contribution in [1.82, 2.24) is 9.97 Å². The Labute approximate surface area is 131 Å². The quantitative estimate of drug-likeness (QED) is 0.563. The van der Waals surface area contributed by atoms with Crippen molar-refractivity contribution < 1.29 is 9.90 Å². The predicted molar refractivity (Wildman–Crippen MR) is 86.5 cm³/mol. The van der Waals surface area contributed by atoms with Crippen LogP contribution in [0.15, 0.2) is 32.8 Å². The summed E-state index contributed by atoms with van der Waals surface area (Å²) in [5.41, 5.74) is 0.645. The summed E-state index contributed by atoms with van der Waals surface area (Å²) in [5, 5.41) is 13.0. The largest absolute Gasteiger partial charge is 0.480 e. The lowest BCUT2D eigenvalue weighted by Gasteiger charge is -2.04. The molecule has 1 atom stereocenters. The molecule has 0 fully saturated rings. The zero-order valence-corrected chi connectivity index (χ0v) is 13.3. The third-order valence-corrected chi connectivity index (χ3v) is 5.59. The van der Waals surface area contributed by atoms with E-state index >= 15 is 0 Å².